The highest BCUT2D eigenvalue weighted by atomic mass is 35.5. The van der Waals surface area contributed by atoms with Gasteiger partial charge in [0.25, 0.3) is 5.91 Å². The van der Waals surface area contributed by atoms with E-state index in [0.29, 0.717) is 31.9 Å². The minimum Gasteiger partial charge on any atom is -0.380 e. The van der Waals surface area contributed by atoms with Gasteiger partial charge in [-0.2, -0.15) is 0 Å². The highest BCUT2D eigenvalue weighted by Gasteiger charge is 2.19. The molecule has 0 unspecified atom stereocenters. The average molecular weight is 392 g/mol. The maximum Gasteiger partial charge on any atom is 0.253 e. The molecule has 1 heterocycles. The number of hydrogen-bond acceptors (Lipinski definition) is 5. The standard InChI is InChI=1S/C16H25N3O4S.ClH/c1-2-23-13-10-18-24(21,22)15-6-4-14(5-7-15)16(20)19-11-3-8-17-9-12-19;/h4-7,17-18H,2-3,8-13H2,1H3;1H. The van der Waals surface area contributed by atoms with Crippen molar-refractivity contribution in [3.63, 3.8) is 0 Å². The molecule has 0 bridgehead atoms. The van der Waals surface area contributed by atoms with Gasteiger partial charge in [0.15, 0.2) is 0 Å². The van der Waals surface area contributed by atoms with Crippen molar-refractivity contribution in [2.24, 2.45) is 0 Å². The van der Waals surface area contributed by atoms with E-state index in [9.17, 15) is 13.2 Å². The van der Waals surface area contributed by atoms with Crippen molar-refractivity contribution in [2.75, 3.05) is 45.9 Å². The lowest BCUT2D eigenvalue weighted by Gasteiger charge is -2.20. The zero-order valence-corrected chi connectivity index (χ0v) is 16.0. The molecule has 142 valence electrons. The third kappa shape index (κ3) is 6.56. The lowest BCUT2D eigenvalue weighted by Crippen LogP contribution is -2.34. The first-order valence-corrected chi connectivity index (χ1v) is 9.70. The van der Waals surface area contributed by atoms with Gasteiger partial charge in [0.05, 0.1) is 11.5 Å². The third-order valence-corrected chi connectivity index (χ3v) is 5.26. The molecule has 1 aromatic rings. The molecule has 1 fully saturated rings. The molecule has 25 heavy (non-hydrogen) atoms. The number of rotatable bonds is 7. The van der Waals surface area contributed by atoms with Gasteiger partial charge in [0.2, 0.25) is 10.0 Å². The molecule has 7 nitrogen and oxygen atoms in total. The van der Waals surface area contributed by atoms with Crippen molar-refractivity contribution in [1.82, 2.24) is 14.9 Å². The maximum absolute atomic E-state index is 12.5. The molecule has 0 spiro atoms. The van der Waals surface area contributed by atoms with Gasteiger partial charge >= 0.3 is 0 Å². The van der Waals surface area contributed by atoms with Gasteiger partial charge < -0.3 is 15.0 Å². The van der Waals surface area contributed by atoms with Crippen LogP contribution >= 0.6 is 12.4 Å². The Bertz CT molecular complexity index is 629. The molecule has 9 heteroatoms. The molecule has 2 N–H and O–H groups in total. The van der Waals surface area contributed by atoms with Crippen molar-refractivity contribution < 1.29 is 17.9 Å². The molecule has 1 amide bonds. The normalized spacial score (nSPS) is 15.3. The number of nitrogens with zero attached hydrogens (tertiary/aromatic N) is 1. The lowest BCUT2D eigenvalue weighted by molar-refractivity contribution is 0.0766. The fraction of sp³-hybridized carbons (Fsp3) is 0.562. The zero-order valence-electron chi connectivity index (χ0n) is 14.4. The Kier molecular flexibility index (Phi) is 9.37. The predicted octanol–water partition coefficient (Wildman–Crippen LogP) is 0.859. The van der Waals surface area contributed by atoms with E-state index in [4.69, 9.17) is 4.74 Å². The highest BCUT2D eigenvalue weighted by Crippen LogP contribution is 2.13. The summed E-state index contributed by atoms with van der Waals surface area (Å²) < 4.78 is 31.9. The van der Waals surface area contributed by atoms with Crippen LogP contribution in [0.1, 0.15) is 23.7 Å². The molecule has 1 aliphatic heterocycles. The van der Waals surface area contributed by atoms with Gasteiger partial charge in [-0.1, -0.05) is 0 Å². The summed E-state index contributed by atoms with van der Waals surface area (Å²) in [5.74, 6) is -0.0630. The number of nitrogens with one attached hydrogen (secondary N) is 2. The van der Waals surface area contributed by atoms with Gasteiger partial charge in [-0.05, 0) is 44.2 Å². The zero-order chi connectivity index (χ0) is 17.4. The van der Waals surface area contributed by atoms with Crippen LogP contribution in [-0.2, 0) is 14.8 Å². The van der Waals surface area contributed by atoms with Crippen molar-refractivity contribution in [3.05, 3.63) is 29.8 Å². The Balaban J connectivity index is 0.00000312. The number of benzene rings is 1. The summed E-state index contributed by atoms with van der Waals surface area (Å²) in [6.45, 7) is 6.02. The minimum absolute atomic E-state index is 0. The van der Waals surface area contributed by atoms with Crippen LogP contribution in [0.15, 0.2) is 29.2 Å². The Morgan fingerprint density at radius 3 is 2.64 bits per heavy atom. The first-order valence-electron chi connectivity index (χ1n) is 8.22. The van der Waals surface area contributed by atoms with Crippen LogP contribution in [0, 0.1) is 0 Å². The second-order valence-corrected chi connectivity index (χ2v) is 7.28. The van der Waals surface area contributed by atoms with E-state index in [1.54, 1.807) is 17.0 Å². The van der Waals surface area contributed by atoms with E-state index in [2.05, 4.69) is 10.0 Å². The summed E-state index contributed by atoms with van der Waals surface area (Å²) in [5.41, 5.74) is 0.505. The van der Waals surface area contributed by atoms with Crippen molar-refractivity contribution >= 4 is 28.3 Å². The molecule has 0 aliphatic carbocycles. The quantitative estimate of drug-likeness (QED) is 0.673. The molecule has 0 saturated carbocycles. The number of carbonyl (C=O) groups is 1. The van der Waals surface area contributed by atoms with Gasteiger partial charge in [-0.3, -0.25) is 4.79 Å². The van der Waals surface area contributed by atoms with E-state index in [1.807, 2.05) is 6.92 Å². The minimum atomic E-state index is -3.58. The van der Waals surface area contributed by atoms with Crippen molar-refractivity contribution in [2.45, 2.75) is 18.2 Å². The van der Waals surface area contributed by atoms with Crippen LogP contribution in [0.2, 0.25) is 0 Å². The number of amides is 1. The Labute approximate surface area is 155 Å². The first kappa shape index (κ1) is 21.9. The third-order valence-electron chi connectivity index (χ3n) is 3.78. The van der Waals surface area contributed by atoms with Crippen LogP contribution in [0.25, 0.3) is 0 Å². The van der Waals surface area contributed by atoms with E-state index >= 15 is 0 Å². The highest BCUT2D eigenvalue weighted by molar-refractivity contribution is 7.89. The van der Waals surface area contributed by atoms with E-state index in [-0.39, 0.29) is 29.8 Å². The largest absolute Gasteiger partial charge is 0.380 e. The Hall–Kier alpha value is -1.19. The molecule has 0 radical (unpaired) electrons. The van der Waals surface area contributed by atoms with Crippen LogP contribution in [-0.4, -0.2) is 65.2 Å². The Morgan fingerprint density at radius 2 is 1.96 bits per heavy atom. The summed E-state index contributed by atoms with van der Waals surface area (Å²) >= 11 is 0. The second-order valence-electron chi connectivity index (χ2n) is 5.51. The molecular weight excluding hydrogens is 366 g/mol. The van der Waals surface area contributed by atoms with Crippen LogP contribution in [0.3, 0.4) is 0 Å². The molecule has 1 aromatic carbocycles. The van der Waals surface area contributed by atoms with Crippen molar-refractivity contribution in [1.29, 1.82) is 0 Å². The van der Waals surface area contributed by atoms with Gasteiger partial charge in [-0.25, -0.2) is 13.1 Å². The van der Waals surface area contributed by atoms with Gasteiger partial charge in [0, 0.05) is 38.3 Å². The van der Waals surface area contributed by atoms with E-state index in [0.717, 1.165) is 19.5 Å². The number of sulfonamides is 1. The maximum atomic E-state index is 12.5. The summed E-state index contributed by atoms with van der Waals surface area (Å²) in [4.78, 5) is 14.4. The summed E-state index contributed by atoms with van der Waals surface area (Å²) in [6.07, 6.45) is 0.919. The number of halogens is 1. The molecule has 2 rings (SSSR count). The first-order chi connectivity index (χ1) is 11.5. The molecule has 1 aliphatic rings. The van der Waals surface area contributed by atoms with Crippen molar-refractivity contribution in [3.8, 4) is 0 Å². The summed E-state index contributed by atoms with van der Waals surface area (Å²) in [6, 6.07) is 6.06. The fourth-order valence-corrected chi connectivity index (χ4v) is 3.50. The van der Waals surface area contributed by atoms with Crippen LogP contribution in [0.4, 0.5) is 0 Å². The monoisotopic (exact) mass is 391 g/mol. The molecule has 0 atom stereocenters. The smallest absolute Gasteiger partial charge is 0.253 e. The SMILES string of the molecule is CCOCCNS(=O)(=O)c1ccc(C(=O)N2CCCNCC2)cc1.Cl. The summed E-state index contributed by atoms with van der Waals surface area (Å²) in [7, 11) is -3.58. The number of ether oxygens (including phenoxy) is 1. The van der Waals surface area contributed by atoms with E-state index < -0.39 is 10.0 Å². The van der Waals surface area contributed by atoms with E-state index in [1.165, 1.54) is 12.1 Å². The molecule has 0 aromatic heterocycles. The molecular formula is C16H26ClN3O4S. The van der Waals surface area contributed by atoms with Crippen LogP contribution < -0.4 is 10.0 Å². The summed E-state index contributed by atoms with van der Waals surface area (Å²) in [5, 5.41) is 3.25. The van der Waals surface area contributed by atoms with Gasteiger partial charge in [-0.15, -0.1) is 12.4 Å². The number of hydrogen-bond donors (Lipinski definition) is 2. The predicted molar refractivity (Wildman–Crippen MR) is 98.8 cm³/mol. The second kappa shape index (κ2) is 10.7. The average Bonchev–Trinajstić information content (AvgIpc) is 2.87. The van der Waals surface area contributed by atoms with Gasteiger partial charge in [0.1, 0.15) is 0 Å². The Morgan fingerprint density at radius 1 is 1.24 bits per heavy atom. The number of carbonyl (C=O) groups excluding carboxylic acids is 1. The van der Waals surface area contributed by atoms with Crippen LogP contribution in [0.5, 0.6) is 0 Å². The molecule has 1 saturated heterocycles. The fourth-order valence-electron chi connectivity index (χ4n) is 2.48. The lowest BCUT2D eigenvalue weighted by atomic mass is 10.2. The topological polar surface area (TPSA) is 87.7 Å².